The van der Waals surface area contributed by atoms with Crippen molar-refractivity contribution in [3.63, 3.8) is 0 Å². The molecule has 0 aliphatic carbocycles. The lowest BCUT2D eigenvalue weighted by Gasteiger charge is -2.08. The standard InChI is InChI=1S/C17H17NO/c1-11-3-4-12(2)15(9-11)17(19)14-6-5-13-7-8-18-16(13)10-14/h3-6,9-10,18H,7-8H2,1-2H3. The van der Waals surface area contributed by atoms with Crippen LogP contribution >= 0.6 is 0 Å². The number of aryl methyl sites for hydroxylation is 2. The van der Waals surface area contributed by atoms with Gasteiger partial charge in [0.05, 0.1) is 0 Å². The van der Waals surface area contributed by atoms with Gasteiger partial charge >= 0.3 is 0 Å². The van der Waals surface area contributed by atoms with Crippen molar-refractivity contribution in [1.82, 2.24) is 0 Å². The summed E-state index contributed by atoms with van der Waals surface area (Å²) in [5.74, 6) is 0.109. The summed E-state index contributed by atoms with van der Waals surface area (Å²) >= 11 is 0. The summed E-state index contributed by atoms with van der Waals surface area (Å²) in [6.07, 6.45) is 1.05. The molecule has 1 aliphatic rings. The van der Waals surface area contributed by atoms with Gasteiger partial charge < -0.3 is 5.32 Å². The first-order valence-corrected chi connectivity index (χ1v) is 6.64. The number of carbonyl (C=O) groups is 1. The fourth-order valence-electron chi connectivity index (χ4n) is 2.57. The molecule has 1 heterocycles. The molecule has 0 bridgehead atoms. The molecule has 0 saturated heterocycles. The number of rotatable bonds is 2. The number of nitrogens with one attached hydrogen (secondary N) is 1. The fraction of sp³-hybridized carbons (Fsp3) is 0.235. The molecule has 1 aliphatic heterocycles. The Morgan fingerprint density at radius 2 is 1.95 bits per heavy atom. The van der Waals surface area contributed by atoms with E-state index in [0.29, 0.717) is 0 Å². The molecule has 96 valence electrons. The van der Waals surface area contributed by atoms with E-state index in [2.05, 4.69) is 11.4 Å². The van der Waals surface area contributed by atoms with E-state index in [1.165, 1.54) is 5.56 Å². The van der Waals surface area contributed by atoms with E-state index in [0.717, 1.165) is 40.9 Å². The Hall–Kier alpha value is -2.09. The monoisotopic (exact) mass is 251 g/mol. The Labute approximate surface area is 113 Å². The van der Waals surface area contributed by atoms with Gasteiger partial charge in [0, 0.05) is 23.4 Å². The molecule has 0 aromatic heterocycles. The quantitative estimate of drug-likeness (QED) is 0.828. The molecule has 0 amide bonds. The zero-order valence-electron chi connectivity index (χ0n) is 11.3. The Bertz CT molecular complexity index is 658. The average molecular weight is 251 g/mol. The minimum Gasteiger partial charge on any atom is -0.384 e. The maximum Gasteiger partial charge on any atom is 0.193 e. The molecule has 2 aromatic carbocycles. The number of carbonyl (C=O) groups excluding carboxylic acids is 1. The Morgan fingerprint density at radius 3 is 2.79 bits per heavy atom. The van der Waals surface area contributed by atoms with Crippen LogP contribution in [0.1, 0.15) is 32.6 Å². The van der Waals surface area contributed by atoms with Crippen molar-refractivity contribution in [3.8, 4) is 0 Å². The minimum absolute atomic E-state index is 0.109. The highest BCUT2D eigenvalue weighted by atomic mass is 16.1. The second kappa shape index (κ2) is 4.54. The second-order valence-corrected chi connectivity index (χ2v) is 5.20. The Morgan fingerprint density at radius 1 is 1.11 bits per heavy atom. The first-order chi connectivity index (χ1) is 9.15. The average Bonchev–Trinajstić information content (AvgIpc) is 2.88. The number of fused-ring (bicyclic) bond motifs is 1. The van der Waals surface area contributed by atoms with Gasteiger partial charge in [-0.2, -0.15) is 0 Å². The number of anilines is 1. The third-order valence-corrected chi connectivity index (χ3v) is 3.72. The lowest BCUT2D eigenvalue weighted by molar-refractivity contribution is 0.103. The largest absolute Gasteiger partial charge is 0.384 e. The van der Waals surface area contributed by atoms with Crippen molar-refractivity contribution in [1.29, 1.82) is 0 Å². The Kier molecular flexibility index (Phi) is 2.86. The highest BCUT2D eigenvalue weighted by Crippen LogP contribution is 2.25. The van der Waals surface area contributed by atoms with Crippen molar-refractivity contribution in [2.75, 3.05) is 11.9 Å². The third-order valence-electron chi connectivity index (χ3n) is 3.72. The molecule has 2 aromatic rings. The van der Waals surface area contributed by atoms with Crippen LogP contribution in [0.15, 0.2) is 36.4 Å². The van der Waals surface area contributed by atoms with Crippen molar-refractivity contribution in [3.05, 3.63) is 64.2 Å². The van der Waals surface area contributed by atoms with Gasteiger partial charge in [0.2, 0.25) is 0 Å². The van der Waals surface area contributed by atoms with Crippen molar-refractivity contribution < 1.29 is 4.79 Å². The maximum atomic E-state index is 12.6. The summed E-state index contributed by atoms with van der Waals surface area (Å²) < 4.78 is 0. The van der Waals surface area contributed by atoms with Gasteiger partial charge in [0.15, 0.2) is 5.78 Å². The first kappa shape index (κ1) is 12.0. The number of benzene rings is 2. The molecule has 2 nitrogen and oxygen atoms in total. The Balaban J connectivity index is 2.02. The zero-order chi connectivity index (χ0) is 13.4. The van der Waals surface area contributed by atoms with E-state index in [1.54, 1.807) is 0 Å². The first-order valence-electron chi connectivity index (χ1n) is 6.64. The summed E-state index contributed by atoms with van der Waals surface area (Å²) in [5, 5.41) is 3.32. The molecule has 0 unspecified atom stereocenters. The van der Waals surface area contributed by atoms with Crippen LogP contribution in [-0.4, -0.2) is 12.3 Å². The normalized spacial score (nSPS) is 12.9. The van der Waals surface area contributed by atoms with E-state index in [1.807, 2.05) is 44.2 Å². The summed E-state index contributed by atoms with van der Waals surface area (Å²) in [7, 11) is 0. The highest BCUT2D eigenvalue weighted by Gasteiger charge is 2.16. The molecular weight excluding hydrogens is 234 g/mol. The molecule has 1 N–H and O–H groups in total. The molecule has 0 saturated carbocycles. The summed E-state index contributed by atoms with van der Waals surface area (Å²) in [6, 6.07) is 12.0. The number of hydrogen-bond acceptors (Lipinski definition) is 2. The molecule has 2 heteroatoms. The molecule has 3 rings (SSSR count). The fourth-order valence-corrected chi connectivity index (χ4v) is 2.57. The second-order valence-electron chi connectivity index (χ2n) is 5.20. The van der Waals surface area contributed by atoms with Crippen LogP contribution in [0.25, 0.3) is 0 Å². The lowest BCUT2D eigenvalue weighted by atomic mass is 9.96. The van der Waals surface area contributed by atoms with Gasteiger partial charge in [-0.3, -0.25) is 4.79 Å². The lowest BCUT2D eigenvalue weighted by Crippen LogP contribution is -2.04. The van der Waals surface area contributed by atoms with Crippen molar-refractivity contribution >= 4 is 11.5 Å². The highest BCUT2D eigenvalue weighted by molar-refractivity contribution is 6.10. The SMILES string of the molecule is Cc1ccc(C)c(C(=O)c2ccc3c(c2)NCC3)c1. The smallest absolute Gasteiger partial charge is 0.193 e. The molecule has 0 radical (unpaired) electrons. The van der Waals surface area contributed by atoms with E-state index in [4.69, 9.17) is 0 Å². The van der Waals surface area contributed by atoms with Gasteiger partial charge in [-0.15, -0.1) is 0 Å². The van der Waals surface area contributed by atoms with Crippen LogP contribution in [0, 0.1) is 13.8 Å². The summed E-state index contributed by atoms with van der Waals surface area (Å²) in [4.78, 5) is 12.6. The molecule has 19 heavy (non-hydrogen) atoms. The van der Waals surface area contributed by atoms with Gasteiger partial charge in [-0.25, -0.2) is 0 Å². The topological polar surface area (TPSA) is 29.1 Å². The van der Waals surface area contributed by atoms with E-state index < -0.39 is 0 Å². The zero-order valence-corrected chi connectivity index (χ0v) is 11.3. The van der Waals surface area contributed by atoms with Crippen LogP contribution in [0.2, 0.25) is 0 Å². The van der Waals surface area contributed by atoms with Crippen molar-refractivity contribution in [2.45, 2.75) is 20.3 Å². The van der Waals surface area contributed by atoms with Crippen LogP contribution in [0.3, 0.4) is 0 Å². The summed E-state index contributed by atoms with van der Waals surface area (Å²) in [6.45, 7) is 4.97. The summed E-state index contributed by atoms with van der Waals surface area (Å²) in [5.41, 5.74) is 6.13. The van der Waals surface area contributed by atoms with Crippen LogP contribution in [0.5, 0.6) is 0 Å². The predicted molar refractivity (Wildman–Crippen MR) is 78.0 cm³/mol. The van der Waals surface area contributed by atoms with Gasteiger partial charge in [0.25, 0.3) is 0 Å². The van der Waals surface area contributed by atoms with Crippen molar-refractivity contribution in [2.24, 2.45) is 0 Å². The molecule has 0 fully saturated rings. The van der Waals surface area contributed by atoms with E-state index >= 15 is 0 Å². The van der Waals surface area contributed by atoms with Gasteiger partial charge in [-0.1, -0.05) is 29.8 Å². The van der Waals surface area contributed by atoms with Crippen LogP contribution in [-0.2, 0) is 6.42 Å². The van der Waals surface area contributed by atoms with Gasteiger partial charge in [0.1, 0.15) is 0 Å². The molecular formula is C17H17NO. The van der Waals surface area contributed by atoms with Gasteiger partial charge in [-0.05, 0) is 43.5 Å². The molecule has 0 spiro atoms. The molecule has 0 atom stereocenters. The minimum atomic E-state index is 0.109. The van der Waals surface area contributed by atoms with E-state index in [-0.39, 0.29) is 5.78 Å². The number of hydrogen-bond donors (Lipinski definition) is 1. The number of ketones is 1. The van der Waals surface area contributed by atoms with Crippen LogP contribution in [0.4, 0.5) is 5.69 Å². The van der Waals surface area contributed by atoms with Crippen LogP contribution < -0.4 is 5.32 Å². The maximum absolute atomic E-state index is 12.6. The van der Waals surface area contributed by atoms with E-state index in [9.17, 15) is 4.79 Å². The predicted octanol–water partition coefficient (Wildman–Crippen LogP) is 3.50. The third kappa shape index (κ3) is 2.14.